The van der Waals surface area contributed by atoms with Crippen molar-refractivity contribution >= 4 is 25.8 Å². The molecular formula is C19H34ClNO3Si. The molecule has 2 rings (SSSR count). The Balaban J connectivity index is 2.36. The highest BCUT2D eigenvalue weighted by molar-refractivity contribution is 6.77. The first-order chi connectivity index (χ1) is 11.7. The molecule has 1 N–H and O–H groups in total. The number of hydrogen-bond donors (Lipinski definition) is 1. The number of rotatable bonds is 8. The van der Waals surface area contributed by atoms with Crippen LogP contribution in [0.15, 0.2) is 17.6 Å². The lowest BCUT2D eigenvalue weighted by atomic mass is 9.98. The first-order valence-electron chi connectivity index (χ1n) is 9.46. The number of hydrogen-bond acceptors (Lipinski definition) is 4. The summed E-state index contributed by atoms with van der Waals surface area (Å²) in [5, 5.41) is 11.0. The standard InChI is InChI=1S/C19H34ClNO3Si/c1-8-9-14-16-19(23-15(10-20)21-16)17(22)18(14)24-25(11(2)3,12(4)5)13(6)7/h8,11-14,16-19,22H,1,9-10H2,2-7H3/t14-,16+,17+,18-,19+/m1/s1. The Labute approximate surface area is 158 Å². The zero-order valence-corrected chi connectivity index (χ0v) is 18.2. The Bertz CT molecular complexity index is 487. The first kappa shape index (κ1) is 20.9. The van der Waals surface area contributed by atoms with Crippen LogP contribution in [0.25, 0.3) is 0 Å². The second-order valence-corrected chi connectivity index (χ2v) is 14.0. The lowest BCUT2D eigenvalue weighted by molar-refractivity contribution is -0.0150. The normalized spacial score (nSPS) is 32.3. The van der Waals surface area contributed by atoms with Crippen LogP contribution in [0.2, 0.25) is 16.6 Å². The lowest BCUT2D eigenvalue weighted by Crippen LogP contribution is -2.53. The molecule has 2 aliphatic rings. The number of alkyl halides is 1. The summed E-state index contributed by atoms with van der Waals surface area (Å²) in [5.41, 5.74) is 1.40. The summed E-state index contributed by atoms with van der Waals surface area (Å²) in [6.07, 6.45) is 1.37. The Morgan fingerprint density at radius 2 is 1.80 bits per heavy atom. The molecule has 1 aliphatic heterocycles. The minimum Gasteiger partial charge on any atom is -0.472 e. The van der Waals surface area contributed by atoms with E-state index in [9.17, 15) is 5.11 Å². The van der Waals surface area contributed by atoms with Gasteiger partial charge in [0.05, 0.1) is 18.0 Å². The predicted molar refractivity (Wildman–Crippen MR) is 107 cm³/mol. The fourth-order valence-corrected chi connectivity index (χ4v) is 10.8. The molecule has 0 aromatic carbocycles. The molecule has 1 saturated carbocycles. The highest BCUT2D eigenvalue weighted by Crippen LogP contribution is 2.48. The Hall–Kier alpha value is -0.363. The molecule has 1 aliphatic carbocycles. The number of ether oxygens (including phenoxy) is 1. The number of nitrogens with zero attached hydrogens (tertiary/aromatic N) is 1. The lowest BCUT2D eigenvalue weighted by Gasteiger charge is -2.45. The van der Waals surface area contributed by atoms with E-state index < -0.39 is 14.4 Å². The van der Waals surface area contributed by atoms with Gasteiger partial charge in [0.15, 0.2) is 12.0 Å². The molecule has 5 atom stereocenters. The maximum atomic E-state index is 11.0. The van der Waals surface area contributed by atoms with Gasteiger partial charge in [-0.05, 0) is 23.0 Å². The molecule has 0 aromatic rings. The number of aliphatic hydroxyl groups is 1. The highest BCUT2D eigenvalue weighted by Gasteiger charge is 2.58. The molecule has 0 saturated heterocycles. The van der Waals surface area contributed by atoms with Gasteiger partial charge in [-0.2, -0.15) is 0 Å². The van der Waals surface area contributed by atoms with Crippen molar-refractivity contribution < 1.29 is 14.3 Å². The average Bonchev–Trinajstić information content (AvgIpc) is 3.05. The molecule has 1 fully saturated rings. The zero-order chi connectivity index (χ0) is 18.9. The molecule has 0 spiro atoms. The van der Waals surface area contributed by atoms with Crippen molar-refractivity contribution in [1.82, 2.24) is 0 Å². The van der Waals surface area contributed by atoms with Gasteiger partial charge < -0.3 is 14.3 Å². The summed E-state index contributed by atoms with van der Waals surface area (Å²) in [6, 6.07) is -0.0927. The van der Waals surface area contributed by atoms with Crippen molar-refractivity contribution in [2.75, 3.05) is 5.88 Å². The summed E-state index contributed by atoms with van der Waals surface area (Å²) in [5.74, 6) is 0.860. The third-order valence-electron chi connectivity index (χ3n) is 6.04. The van der Waals surface area contributed by atoms with Crippen molar-refractivity contribution in [3.05, 3.63) is 12.7 Å². The van der Waals surface area contributed by atoms with E-state index in [-0.39, 0.29) is 30.0 Å². The van der Waals surface area contributed by atoms with Gasteiger partial charge in [-0.15, -0.1) is 18.2 Å². The van der Waals surface area contributed by atoms with Crippen molar-refractivity contribution in [3.8, 4) is 0 Å². The molecule has 4 nitrogen and oxygen atoms in total. The van der Waals surface area contributed by atoms with E-state index in [0.717, 1.165) is 6.42 Å². The van der Waals surface area contributed by atoms with Gasteiger partial charge in [-0.1, -0.05) is 47.6 Å². The van der Waals surface area contributed by atoms with Crippen molar-refractivity contribution in [2.45, 2.75) is 88.9 Å². The van der Waals surface area contributed by atoms with Crippen LogP contribution < -0.4 is 0 Å². The van der Waals surface area contributed by atoms with E-state index in [2.05, 4.69) is 53.1 Å². The molecule has 0 amide bonds. The maximum Gasteiger partial charge on any atom is 0.200 e. The molecule has 144 valence electrons. The van der Waals surface area contributed by atoms with Gasteiger partial charge in [0.2, 0.25) is 8.32 Å². The van der Waals surface area contributed by atoms with Crippen LogP contribution in [0.4, 0.5) is 0 Å². The summed E-state index contributed by atoms with van der Waals surface area (Å²) < 4.78 is 12.7. The van der Waals surface area contributed by atoms with Crippen LogP contribution in [0.3, 0.4) is 0 Å². The molecular weight excluding hydrogens is 354 g/mol. The highest BCUT2D eigenvalue weighted by atomic mass is 35.5. The van der Waals surface area contributed by atoms with Gasteiger partial charge in [0.1, 0.15) is 6.10 Å². The molecule has 0 aromatic heterocycles. The minimum absolute atomic E-state index is 0.0846. The van der Waals surface area contributed by atoms with Crippen LogP contribution in [0, 0.1) is 5.92 Å². The SMILES string of the molecule is C=CC[C@@H]1[C@@H]2N=C(CCl)O[C@@H]2[C@@H](O)[C@@H]1O[Si](C(C)C)(C(C)C)C(C)C. The van der Waals surface area contributed by atoms with Gasteiger partial charge in [-0.25, -0.2) is 4.99 Å². The number of fused-ring (bicyclic) bond motifs is 1. The predicted octanol–water partition coefficient (Wildman–Crippen LogP) is 4.52. The van der Waals surface area contributed by atoms with E-state index in [1.165, 1.54) is 0 Å². The van der Waals surface area contributed by atoms with Crippen LogP contribution in [0.5, 0.6) is 0 Å². The fraction of sp³-hybridized carbons (Fsp3) is 0.842. The molecule has 0 radical (unpaired) electrons. The average molecular weight is 388 g/mol. The molecule has 25 heavy (non-hydrogen) atoms. The first-order valence-corrected chi connectivity index (χ1v) is 12.1. The number of aliphatic hydroxyl groups excluding tert-OH is 1. The van der Waals surface area contributed by atoms with Crippen molar-refractivity contribution in [3.63, 3.8) is 0 Å². The van der Waals surface area contributed by atoms with Crippen LogP contribution in [-0.4, -0.2) is 49.6 Å². The summed E-state index contributed by atoms with van der Waals surface area (Å²) in [6.45, 7) is 17.5. The third-order valence-corrected chi connectivity index (χ3v) is 12.4. The monoisotopic (exact) mass is 387 g/mol. The number of allylic oxidation sites excluding steroid dienone is 1. The molecule has 6 heteroatoms. The second-order valence-electron chi connectivity index (χ2n) is 8.31. The van der Waals surface area contributed by atoms with E-state index in [1.54, 1.807) is 0 Å². The van der Waals surface area contributed by atoms with E-state index in [4.69, 9.17) is 20.8 Å². The van der Waals surface area contributed by atoms with Crippen molar-refractivity contribution in [1.29, 1.82) is 0 Å². The summed E-state index contributed by atoms with van der Waals surface area (Å²) in [7, 11) is -2.10. The largest absolute Gasteiger partial charge is 0.472 e. The maximum absolute atomic E-state index is 11.0. The Morgan fingerprint density at radius 3 is 2.24 bits per heavy atom. The van der Waals surface area contributed by atoms with E-state index in [0.29, 0.717) is 22.5 Å². The van der Waals surface area contributed by atoms with Gasteiger partial charge in [-0.3, -0.25) is 0 Å². The zero-order valence-electron chi connectivity index (χ0n) is 16.4. The summed E-state index contributed by atoms with van der Waals surface area (Å²) in [4.78, 5) is 4.62. The number of aliphatic imine (C=N–C) groups is 1. The number of halogens is 1. The topological polar surface area (TPSA) is 51.0 Å². The van der Waals surface area contributed by atoms with Gasteiger partial charge in [0.25, 0.3) is 0 Å². The minimum atomic E-state index is -2.10. The van der Waals surface area contributed by atoms with Crippen LogP contribution in [0.1, 0.15) is 48.0 Å². The quantitative estimate of drug-likeness (QED) is 0.378. The summed E-state index contributed by atoms with van der Waals surface area (Å²) >= 11 is 5.88. The molecule has 0 bridgehead atoms. The fourth-order valence-electron chi connectivity index (χ4n) is 5.08. The van der Waals surface area contributed by atoms with Crippen LogP contribution in [-0.2, 0) is 9.16 Å². The molecule has 0 unspecified atom stereocenters. The second kappa shape index (κ2) is 8.11. The molecule has 1 heterocycles. The van der Waals surface area contributed by atoms with Gasteiger partial charge >= 0.3 is 0 Å². The Morgan fingerprint density at radius 1 is 1.24 bits per heavy atom. The third kappa shape index (κ3) is 3.57. The van der Waals surface area contributed by atoms with E-state index >= 15 is 0 Å². The Kier molecular flexibility index (Phi) is 6.80. The van der Waals surface area contributed by atoms with Crippen LogP contribution >= 0.6 is 11.6 Å². The smallest absolute Gasteiger partial charge is 0.200 e. The van der Waals surface area contributed by atoms with E-state index in [1.807, 2.05) is 6.08 Å². The van der Waals surface area contributed by atoms with Gasteiger partial charge in [0, 0.05) is 5.92 Å². The van der Waals surface area contributed by atoms with Crippen molar-refractivity contribution in [2.24, 2.45) is 10.9 Å².